The molecule has 20 heavy (non-hydrogen) atoms. The summed E-state index contributed by atoms with van der Waals surface area (Å²) in [6, 6.07) is 16.1. The van der Waals surface area contributed by atoms with Crippen LogP contribution in [-0.4, -0.2) is 24.3 Å². The molecule has 0 saturated heterocycles. The smallest absolute Gasteiger partial charge is 0.151 e. The molecule has 0 atom stereocenters. The van der Waals surface area contributed by atoms with Gasteiger partial charge in [-0.3, -0.25) is 9.69 Å². The molecule has 0 spiro atoms. The molecule has 2 aromatic rings. The summed E-state index contributed by atoms with van der Waals surface area (Å²) >= 11 is 0. The fourth-order valence-corrected chi connectivity index (χ4v) is 2.14. The minimum absolute atomic E-state index is 0.181. The number of likely N-dealkylation sites (N-methyl/N-ethyl adjacent to an activating group) is 1. The van der Waals surface area contributed by atoms with Gasteiger partial charge in [0.25, 0.3) is 0 Å². The Kier molecular flexibility index (Phi) is 5.02. The molecule has 0 saturated carbocycles. The second-order valence-corrected chi connectivity index (χ2v) is 5.00. The average molecular weight is 271 g/mol. The maximum absolute atomic E-state index is 12.8. The van der Waals surface area contributed by atoms with Crippen LogP contribution in [0, 0.1) is 5.82 Å². The highest BCUT2D eigenvalue weighted by Crippen LogP contribution is 2.06. The van der Waals surface area contributed by atoms with Gasteiger partial charge in [-0.25, -0.2) is 4.39 Å². The van der Waals surface area contributed by atoms with E-state index in [4.69, 9.17) is 0 Å². The first-order valence-electron chi connectivity index (χ1n) is 6.62. The molecule has 2 aromatic carbocycles. The first-order valence-corrected chi connectivity index (χ1v) is 6.62. The van der Waals surface area contributed by atoms with Gasteiger partial charge in [-0.2, -0.15) is 0 Å². The van der Waals surface area contributed by atoms with E-state index in [1.807, 2.05) is 42.3 Å². The van der Waals surface area contributed by atoms with Crippen LogP contribution in [0.15, 0.2) is 54.6 Å². The first kappa shape index (κ1) is 14.4. The third-order valence-corrected chi connectivity index (χ3v) is 3.06. The molecule has 0 heterocycles. The average Bonchev–Trinajstić information content (AvgIpc) is 2.42. The van der Waals surface area contributed by atoms with Crippen molar-refractivity contribution in [1.82, 2.24) is 4.90 Å². The Bertz CT molecular complexity index is 551. The molecule has 0 fully saturated rings. The van der Waals surface area contributed by atoms with Crippen molar-refractivity contribution in [2.45, 2.75) is 13.0 Å². The van der Waals surface area contributed by atoms with Gasteiger partial charge in [0, 0.05) is 13.0 Å². The molecule has 2 nitrogen and oxygen atoms in total. The van der Waals surface area contributed by atoms with Crippen LogP contribution < -0.4 is 0 Å². The van der Waals surface area contributed by atoms with Crippen molar-refractivity contribution >= 4 is 5.78 Å². The summed E-state index contributed by atoms with van der Waals surface area (Å²) < 4.78 is 12.8. The van der Waals surface area contributed by atoms with Gasteiger partial charge in [-0.05, 0) is 30.3 Å². The molecule has 0 aromatic heterocycles. The summed E-state index contributed by atoms with van der Waals surface area (Å²) in [7, 11) is 1.90. The summed E-state index contributed by atoms with van der Waals surface area (Å²) in [5.74, 6) is -0.0580. The standard InChI is InChI=1S/C17H18FNO/c1-19(12-15-7-9-16(18)10-8-15)13-17(20)11-14-5-3-2-4-6-14/h2-10H,11-13H2,1H3. The van der Waals surface area contributed by atoms with Gasteiger partial charge in [0.2, 0.25) is 0 Å². The summed E-state index contributed by atoms with van der Waals surface area (Å²) in [4.78, 5) is 13.9. The Morgan fingerprint density at radius 1 is 1.00 bits per heavy atom. The molecule has 104 valence electrons. The number of rotatable bonds is 6. The molecule has 2 rings (SSSR count). The number of Topliss-reactive ketones (excluding diaryl/α,β-unsaturated/α-hetero) is 1. The zero-order valence-corrected chi connectivity index (χ0v) is 11.6. The van der Waals surface area contributed by atoms with Gasteiger partial charge in [-0.15, -0.1) is 0 Å². The molecule has 0 unspecified atom stereocenters. The largest absolute Gasteiger partial charge is 0.298 e. The highest BCUT2D eigenvalue weighted by atomic mass is 19.1. The number of carbonyl (C=O) groups is 1. The molecule has 0 radical (unpaired) electrons. The summed E-state index contributed by atoms with van der Waals surface area (Å²) in [5, 5.41) is 0. The highest BCUT2D eigenvalue weighted by Gasteiger charge is 2.08. The Balaban J connectivity index is 1.83. The van der Waals surface area contributed by atoms with Crippen LogP contribution in [0.1, 0.15) is 11.1 Å². The van der Waals surface area contributed by atoms with Crippen LogP contribution in [-0.2, 0) is 17.8 Å². The van der Waals surface area contributed by atoms with Gasteiger partial charge < -0.3 is 0 Å². The third kappa shape index (κ3) is 4.59. The van der Waals surface area contributed by atoms with E-state index in [1.54, 1.807) is 12.1 Å². The van der Waals surface area contributed by atoms with Crippen molar-refractivity contribution < 1.29 is 9.18 Å². The lowest BCUT2D eigenvalue weighted by Crippen LogP contribution is -2.26. The third-order valence-electron chi connectivity index (χ3n) is 3.06. The minimum atomic E-state index is -0.239. The summed E-state index contributed by atoms with van der Waals surface area (Å²) in [5.41, 5.74) is 2.04. The number of hydrogen-bond donors (Lipinski definition) is 0. The molecular formula is C17H18FNO. The predicted octanol–water partition coefficient (Wildman–Crippen LogP) is 3.07. The lowest BCUT2D eigenvalue weighted by atomic mass is 10.1. The number of hydrogen-bond acceptors (Lipinski definition) is 2. The van der Waals surface area contributed by atoms with E-state index in [-0.39, 0.29) is 11.6 Å². The van der Waals surface area contributed by atoms with Gasteiger partial charge >= 0.3 is 0 Å². The van der Waals surface area contributed by atoms with E-state index in [0.29, 0.717) is 19.5 Å². The number of nitrogens with zero attached hydrogens (tertiary/aromatic N) is 1. The Morgan fingerprint density at radius 2 is 1.65 bits per heavy atom. The van der Waals surface area contributed by atoms with Crippen molar-refractivity contribution in [2.24, 2.45) is 0 Å². The molecule has 0 amide bonds. The van der Waals surface area contributed by atoms with E-state index in [1.165, 1.54) is 12.1 Å². The van der Waals surface area contributed by atoms with E-state index in [2.05, 4.69) is 0 Å². The Morgan fingerprint density at radius 3 is 2.30 bits per heavy atom. The fourth-order valence-electron chi connectivity index (χ4n) is 2.14. The molecule has 0 aliphatic rings. The van der Waals surface area contributed by atoms with Gasteiger partial charge in [0.1, 0.15) is 5.82 Å². The molecule has 0 bridgehead atoms. The normalized spacial score (nSPS) is 10.8. The zero-order valence-electron chi connectivity index (χ0n) is 11.6. The van der Waals surface area contributed by atoms with Crippen molar-refractivity contribution in [1.29, 1.82) is 0 Å². The molecule has 0 aliphatic heterocycles. The molecule has 3 heteroatoms. The predicted molar refractivity (Wildman–Crippen MR) is 77.9 cm³/mol. The minimum Gasteiger partial charge on any atom is -0.298 e. The summed E-state index contributed by atoms with van der Waals surface area (Å²) in [6.07, 6.45) is 0.453. The van der Waals surface area contributed by atoms with Crippen molar-refractivity contribution in [3.8, 4) is 0 Å². The van der Waals surface area contributed by atoms with Crippen LogP contribution in [0.2, 0.25) is 0 Å². The number of benzene rings is 2. The monoisotopic (exact) mass is 271 g/mol. The van der Waals surface area contributed by atoms with Crippen molar-refractivity contribution in [3.05, 3.63) is 71.5 Å². The lowest BCUT2D eigenvalue weighted by molar-refractivity contribution is -0.119. The zero-order chi connectivity index (χ0) is 14.4. The maximum atomic E-state index is 12.8. The lowest BCUT2D eigenvalue weighted by Gasteiger charge is -2.15. The van der Waals surface area contributed by atoms with Gasteiger partial charge in [0.05, 0.1) is 6.54 Å². The second kappa shape index (κ2) is 6.96. The SMILES string of the molecule is CN(CC(=O)Cc1ccccc1)Cc1ccc(F)cc1. The topological polar surface area (TPSA) is 20.3 Å². The fraction of sp³-hybridized carbons (Fsp3) is 0.235. The number of ketones is 1. The Labute approximate surface area is 118 Å². The van der Waals surface area contributed by atoms with E-state index >= 15 is 0 Å². The molecular weight excluding hydrogens is 253 g/mol. The second-order valence-electron chi connectivity index (χ2n) is 5.00. The first-order chi connectivity index (χ1) is 9.63. The van der Waals surface area contributed by atoms with Crippen LogP contribution in [0.3, 0.4) is 0 Å². The van der Waals surface area contributed by atoms with Crippen LogP contribution >= 0.6 is 0 Å². The van der Waals surface area contributed by atoms with Crippen LogP contribution in [0.4, 0.5) is 4.39 Å². The Hall–Kier alpha value is -2.00. The van der Waals surface area contributed by atoms with Gasteiger partial charge in [-0.1, -0.05) is 42.5 Å². The van der Waals surface area contributed by atoms with E-state index in [9.17, 15) is 9.18 Å². The summed E-state index contributed by atoms with van der Waals surface area (Å²) in [6.45, 7) is 1.03. The van der Waals surface area contributed by atoms with E-state index in [0.717, 1.165) is 11.1 Å². The van der Waals surface area contributed by atoms with Gasteiger partial charge in [0.15, 0.2) is 5.78 Å². The quantitative estimate of drug-likeness (QED) is 0.804. The maximum Gasteiger partial charge on any atom is 0.151 e. The number of halogens is 1. The molecule has 0 aliphatic carbocycles. The number of carbonyl (C=O) groups excluding carboxylic acids is 1. The highest BCUT2D eigenvalue weighted by molar-refractivity contribution is 5.82. The van der Waals surface area contributed by atoms with Crippen molar-refractivity contribution in [2.75, 3.05) is 13.6 Å². The van der Waals surface area contributed by atoms with Crippen LogP contribution in [0.25, 0.3) is 0 Å². The van der Waals surface area contributed by atoms with Crippen LogP contribution in [0.5, 0.6) is 0 Å². The van der Waals surface area contributed by atoms with Crippen molar-refractivity contribution in [3.63, 3.8) is 0 Å². The molecule has 0 N–H and O–H groups in total. The van der Waals surface area contributed by atoms with E-state index < -0.39 is 0 Å².